The Labute approximate surface area is 123 Å². The van der Waals surface area contributed by atoms with E-state index in [2.05, 4.69) is 10.8 Å². The summed E-state index contributed by atoms with van der Waals surface area (Å²) < 4.78 is 5.67. The van der Waals surface area contributed by atoms with Crippen molar-refractivity contribution in [2.45, 2.75) is 19.4 Å². The van der Waals surface area contributed by atoms with Crippen LogP contribution in [-0.4, -0.2) is 37.6 Å². The Morgan fingerprint density at radius 2 is 2.19 bits per heavy atom. The van der Waals surface area contributed by atoms with Crippen molar-refractivity contribution < 1.29 is 14.2 Å². The molecule has 0 spiro atoms. The normalized spacial score (nSPS) is 11.7. The molecule has 0 aliphatic heterocycles. The Morgan fingerprint density at radius 1 is 1.48 bits per heavy atom. The summed E-state index contributed by atoms with van der Waals surface area (Å²) in [5.74, 6) is 2.04. The minimum atomic E-state index is -0.558. The van der Waals surface area contributed by atoms with Crippen LogP contribution < -0.4 is 10.8 Å². The third-order valence-electron chi connectivity index (χ3n) is 2.54. The number of hydroxylamine groups is 1. The molecule has 0 aliphatic rings. The number of nitro groups is 1. The predicted molar refractivity (Wildman–Crippen MR) is 77.6 cm³/mol. The molecule has 2 N–H and O–H groups in total. The molecule has 0 fully saturated rings. The maximum atomic E-state index is 10.3. The van der Waals surface area contributed by atoms with E-state index in [0.29, 0.717) is 6.61 Å². The van der Waals surface area contributed by atoms with E-state index in [9.17, 15) is 10.1 Å². The first-order valence-corrected chi connectivity index (χ1v) is 6.64. The van der Waals surface area contributed by atoms with Crippen molar-refractivity contribution in [2.24, 2.45) is 0 Å². The van der Waals surface area contributed by atoms with Crippen LogP contribution in [0.25, 0.3) is 0 Å². The van der Waals surface area contributed by atoms with Gasteiger partial charge >= 0.3 is 0 Å². The van der Waals surface area contributed by atoms with Gasteiger partial charge in [0.1, 0.15) is 11.5 Å². The predicted octanol–water partition coefficient (Wildman–Crippen LogP) is 1.09. The van der Waals surface area contributed by atoms with Crippen molar-refractivity contribution in [1.82, 2.24) is 15.7 Å². The summed E-state index contributed by atoms with van der Waals surface area (Å²) in [6, 6.07) is 3.92. The van der Waals surface area contributed by atoms with E-state index in [1.807, 2.05) is 31.1 Å². The molecule has 1 aromatic heterocycles. The fourth-order valence-electron chi connectivity index (χ4n) is 1.65. The number of nitrogens with one attached hydrogen (secondary N) is 2. The lowest BCUT2D eigenvalue weighted by Gasteiger charge is -2.07. The van der Waals surface area contributed by atoms with E-state index in [1.54, 1.807) is 7.05 Å². The highest BCUT2D eigenvalue weighted by molar-refractivity contribution is 5.07. The average molecular weight is 298 g/mol. The third-order valence-corrected chi connectivity index (χ3v) is 2.54. The number of aryl methyl sites for hydroxylation is 1. The van der Waals surface area contributed by atoms with Crippen molar-refractivity contribution in [3.63, 3.8) is 0 Å². The molecule has 1 rings (SSSR count). The maximum Gasteiger partial charge on any atom is 0.276 e. The van der Waals surface area contributed by atoms with Gasteiger partial charge in [-0.3, -0.25) is 15.0 Å². The van der Waals surface area contributed by atoms with Gasteiger partial charge in [-0.25, -0.2) is 5.48 Å². The molecule has 1 aromatic rings. The summed E-state index contributed by atoms with van der Waals surface area (Å²) in [6.45, 7) is 1.19. The number of hydrogen-bond acceptors (Lipinski definition) is 7. The van der Waals surface area contributed by atoms with Gasteiger partial charge in [-0.2, -0.15) is 0 Å². The second kappa shape index (κ2) is 8.98. The van der Waals surface area contributed by atoms with Gasteiger partial charge in [-0.1, -0.05) is 0 Å². The van der Waals surface area contributed by atoms with Crippen LogP contribution in [0.3, 0.4) is 0 Å². The molecule has 0 unspecified atom stereocenters. The van der Waals surface area contributed by atoms with Gasteiger partial charge in [0.2, 0.25) is 0 Å². The van der Waals surface area contributed by atoms with Crippen LogP contribution in [0, 0.1) is 10.1 Å². The quantitative estimate of drug-likeness (QED) is 0.379. The van der Waals surface area contributed by atoms with Crippen molar-refractivity contribution >= 4 is 0 Å². The van der Waals surface area contributed by atoms with Gasteiger partial charge in [0, 0.05) is 13.5 Å². The molecule has 0 aliphatic carbocycles. The minimum Gasteiger partial charge on any atom is -0.465 e. The molecule has 21 heavy (non-hydrogen) atoms. The van der Waals surface area contributed by atoms with Crippen LogP contribution in [0.1, 0.15) is 17.9 Å². The third kappa shape index (κ3) is 7.33. The zero-order valence-corrected chi connectivity index (χ0v) is 12.6. The second-order valence-corrected chi connectivity index (χ2v) is 4.74. The van der Waals surface area contributed by atoms with Gasteiger partial charge in [0.15, 0.2) is 5.82 Å². The summed E-state index contributed by atoms with van der Waals surface area (Å²) in [7, 11) is 5.54. The molecule has 0 radical (unpaired) electrons. The van der Waals surface area contributed by atoms with Crippen LogP contribution in [-0.2, 0) is 17.8 Å². The average Bonchev–Trinajstić information content (AvgIpc) is 2.83. The Morgan fingerprint density at radius 3 is 2.81 bits per heavy atom. The van der Waals surface area contributed by atoms with Crippen molar-refractivity contribution in [3.8, 4) is 0 Å². The molecule has 0 atom stereocenters. The zero-order valence-electron chi connectivity index (χ0n) is 12.6. The minimum absolute atomic E-state index is 0.200. The summed E-state index contributed by atoms with van der Waals surface area (Å²) in [5.41, 5.74) is 2.49. The Balaban J connectivity index is 2.22. The molecule has 0 saturated heterocycles. The highest BCUT2D eigenvalue weighted by Gasteiger charge is 2.04. The highest BCUT2D eigenvalue weighted by Crippen LogP contribution is 2.11. The van der Waals surface area contributed by atoms with Gasteiger partial charge < -0.3 is 14.6 Å². The van der Waals surface area contributed by atoms with E-state index in [0.717, 1.165) is 37.1 Å². The van der Waals surface area contributed by atoms with Gasteiger partial charge in [0.25, 0.3) is 6.20 Å². The Hall–Kier alpha value is -2.06. The molecule has 8 nitrogen and oxygen atoms in total. The first-order valence-electron chi connectivity index (χ1n) is 6.64. The zero-order chi connectivity index (χ0) is 15.7. The highest BCUT2D eigenvalue weighted by atomic mass is 16.6. The summed E-state index contributed by atoms with van der Waals surface area (Å²) in [6.07, 6.45) is 2.31. The fourth-order valence-corrected chi connectivity index (χ4v) is 1.65. The molecular formula is C13H22N4O4. The molecule has 0 bridgehead atoms. The fraction of sp³-hybridized carbons (Fsp3) is 0.538. The first kappa shape index (κ1) is 17.0. The molecule has 0 aromatic carbocycles. The van der Waals surface area contributed by atoms with Gasteiger partial charge in [-0.15, -0.1) is 0 Å². The second-order valence-electron chi connectivity index (χ2n) is 4.74. The van der Waals surface area contributed by atoms with Crippen molar-refractivity contribution in [3.05, 3.63) is 45.8 Å². The molecular weight excluding hydrogens is 276 g/mol. The Bertz CT molecular complexity index is 470. The van der Waals surface area contributed by atoms with Crippen LogP contribution in [0.5, 0.6) is 0 Å². The molecule has 1 heterocycles. The molecule has 8 heteroatoms. The molecule has 118 valence electrons. The lowest BCUT2D eigenvalue weighted by molar-refractivity contribution is -0.404. The number of furan rings is 1. The Kier molecular flexibility index (Phi) is 7.27. The van der Waals surface area contributed by atoms with Crippen molar-refractivity contribution in [2.75, 3.05) is 27.7 Å². The maximum absolute atomic E-state index is 10.3. The monoisotopic (exact) mass is 298 g/mol. The number of hydrogen-bond donors (Lipinski definition) is 2. The van der Waals surface area contributed by atoms with E-state index >= 15 is 0 Å². The number of rotatable bonds is 10. The molecule has 0 amide bonds. The van der Waals surface area contributed by atoms with Gasteiger partial charge in [0.05, 0.1) is 18.1 Å². The SMILES string of the molecule is CN/C(=C\[N+](=O)[O-])NOCCCc1ccc(CN(C)C)o1. The van der Waals surface area contributed by atoms with Crippen LogP contribution in [0.2, 0.25) is 0 Å². The van der Waals surface area contributed by atoms with E-state index in [1.165, 1.54) is 0 Å². The van der Waals surface area contributed by atoms with Crippen LogP contribution >= 0.6 is 0 Å². The lowest BCUT2D eigenvalue weighted by Crippen LogP contribution is -2.25. The van der Waals surface area contributed by atoms with E-state index < -0.39 is 4.92 Å². The lowest BCUT2D eigenvalue weighted by atomic mass is 10.2. The number of nitrogens with zero attached hydrogens (tertiary/aromatic N) is 2. The summed E-state index contributed by atoms with van der Waals surface area (Å²) >= 11 is 0. The smallest absolute Gasteiger partial charge is 0.276 e. The standard InChI is InChI=1S/C13H22N4O4/c1-14-13(10-17(18)19)15-20-8-4-5-11-6-7-12(21-11)9-16(2)3/h6-7,10,14-15H,4-5,8-9H2,1-3H3/b13-10+. The van der Waals surface area contributed by atoms with E-state index in [4.69, 9.17) is 9.25 Å². The topological polar surface area (TPSA) is 92.8 Å². The molecule has 0 saturated carbocycles. The van der Waals surface area contributed by atoms with Gasteiger partial charge in [-0.05, 0) is 32.6 Å². The largest absolute Gasteiger partial charge is 0.465 e. The first-order chi connectivity index (χ1) is 10.0. The van der Waals surface area contributed by atoms with Crippen LogP contribution in [0.15, 0.2) is 28.6 Å². The van der Waals surface area contributed by atoms with Crippen molar-refractivity contribution in [1.29, 1.82) is 0 Å². The summed E-state index contributed by atoms with van der Waals surface area (Å²) in [5, 5.41) is 12.9. The summed E-state index contributed by atoms with van der Waals surface area (Å²) in [4.78, 5) is 16.9. The van der Waals surface area contributed by atoms with E-state index in [-0.39, 0.29) is 5.82 Å². The van der Waals surface area contributed by atoms with Crippen LogP contribution in [0.4, 0.5) is 0 Å².